The molecule has 0 amide bonds. The van der Waals surface area contributed by atoms with Crippen LogP contribution in [0.3, 0.4) is 0 Å². The van der Waals surface area contributed by atoms with Crippen molar-refractivity contribution < 1.29 is 19.4 Å². The van der Waals surface area contributed by atoms with Gasteiger partial charge in [0, 0.05) is 28.5 Å². The predicted molar refractivity (Wildman–Crippen MR) is 110 cm³/mol. The van der Waals surface area contributed by atoms with E-state index in [1.54, 1.807) is 28.2 Å². The molecule has 0 spiro atoms. The lowest BCUT2D eigenvalue weighted by molar-refractivity contribution is -0.139. The van der Waals surface area contributed by atoms with Gasteiger partial charge in [0.1, 0.15) is 17.9 Å². The Labute approximate surface area is 175 Å². The number of aromatic nitrogens is 3. The number of ether oxygens (including phenoxy) is 1. The van der Waals surface area contributed by atoms with Crippen LogP contribution in [-0.4, -0.2) is 43.9 Å². The normalized spacial score (nSPS) is 22.7. The maximum absolute atomic E-state index is 13.4. The zero-order valence-corrected chi connectivity index (χ0v) is 16.7. The Balaban J connectivity index is 1.57. The van der Waals surface area contributed by atoms with Crippen LogP contribution in [0.1, 0.15) is 35.2 Å². The fraction of sp³-hybridized carbons (Fsp3) is 0.286. The maximum atomic E-state index is 13.4. The molecule has 0 saturated heterocycles. The fourth-order valence-electron chi connectivity index (χ4n) is 4.30. The number of hydrogen-bond acceptors (Lipinski definition) is 7. The van der Waals surface area contributed by atoms with Gasteiger partial charge in [0.05, 0.1) is 12.0 Å². The van der Waals surface area contributed by atoms with Crippen molar-refractivity contribution in [3.63, 3.8) is 0 Å². The third-order valence-electron chi connectivity index (χ3n) is 5.52. The molecule has 1 aromatic carbocycles. The Morgan fingerprint density at radius 1 is 1.23 bits per heavy atom. The molecule has 2 aliphatic rings. The number of para-hydroxylation sites is 1. The van der Waals surface area contributed by atoms with Crippen molar-refractivity contribution in [2.75, 3.05) is 6.61 Å². The van der Waals surface area contributed by atoms with Crippen LogP contribution < -0.4 is 4.74 Å². The zero-order valence-electron chi connectivity index (χ0n) is 15.8. The average Bonchev–Trinajstić information content (AvgIpc) is 3.42. The first-order valence-electron chi connectivity index (χ1n) is 9.58. The number of hydrogen-bond donors (Lipinski definition) is 1. The van der Waals surface area contributed by atoms with Gasteiger partial charge in [0.2, 0.25) is 5.95 Å². The van der Waals surface area contributed by atoms with Crippen LogP contribution in [0.15, 0.2) is 53.1 Å². The smallest absolute Gasteiger partial charge is 0.341 e. The standard InChI is InChI=1S/C21H18N4O4S/c26-15-9-12(17-6-3-7-30-17)8-14-19(15)20(25-21(24-14)22-11-23-25)13-4-1-2-5-16(13)29-10-18(27)28/h1-7,11-12,19-20H,8-10H2,(H,27,28). The van der Waals surface area contributed by atoms with Crippen molar-refractivity contribution in [1.29, 1.82) is 0 Å². The first-order valence-corrected chi connectivity index (χ1v) is 10.5. The average molecular weight is 422 g/mol. The van der Waals surface area contributed by atoms with E-state index < -0.39 is 24.5 Å². The number of rotatable bonds is 5. The fourth-order valence-corrected chi connectivity index (χ4v) is 5.13. The number of carboxylic acids is 1. The SMILES string of the molecule is O=C(O)COc1ccccc1C1C2C(=O)CC(c3cccs3)CC2=Nc2ncnn21. The molecule has 0 bridgehead atoms. The number of ketones is 1. The number of benzene rings is 1. The second-order valence-corrected chi connectivity index (χ2v) is 8.32. The van der Waals surface area contributed by atoms with Gasteiger partial charge in [-0.1, -0.05) is 24.3 Å². The molecule has 1 fully saturated rings. The molecule has 3 unspecified atom stereocenters. The Hall–Kier alpha value is -3.33. The molecular formula is C21H18N4O4S. The van der Waals surface area contributed by atoms with Gasteiger partial charge < -0.3 is 9.84 Å². The minimum absolute atomic E-state index is 0.0950. The summed E-state index contributed by atoms with van der Waals surface area (Å²) in [7, 11) is 0. The van der Waals surface area contributed by atoms with E-state index in [9.17, 15) is 9.59 Å². The third-order valence-corrected chi connectivity index (χ3v) is 6.56. The first-order chi connectivity index (χ1) is 14.6. The molecule has 0 radical (unpaired) electrons. The largest absolute Gasteiger partial charge is 0.482 e. The Morgan fingerprint density at radius 2 is 2.10 bits per heavy atom. The maximum Gasteiger partial charge on any atom is 0.341 e. The van der Waals surface area contributed by atoms with Crippen LogP contribution in [0.2, 0.25) is 0 Å². The summed E-state index contributed by atoms with van der Waals surface area (Å²) >= 11 is 1.65. The number of aliphatic imine (C=N–C) groups is 1. The van der Waals surface area contributed by atoms with Gasteiger partial charge in [-0.15, -0.1) is 11.3 Å². The van der Waals surface area contributed by atoms with Crippen molar-refractivity contribution in [1.82, 2.24) is 14.8 Å². The molecule has 2 aromatic heterocycles. The van der Waals surface area contributed by atoms with E-state index in [0.29, 0.717) is 30.1 Å². The minimum Gasteiger partial charge on any atom is -0.482 e. The highest BCUT2D eigenvalue weighted by atomic mass is 32.1. The lowest BCUT2D eigenvalue weighted by Crippen LogP contribution is -2.41. The summed E-state index contributed by atoms with van der Waals surface area (Å²) in [5, 5.41) is 15.4. The number of carbonyl (C=O) groups excluding carboxylic acids is 1. The molecule has 1 aliphatic carbocycles. The lowest BCUT2D eigenvalue weighted by Gasteiger charge is -2.37. The lowest BCUT2D eigenvalue weighted by atomic mass is 9.73. The summed E-state index contributed by atoms with van der Waals surface area (Å²) in [6.45, 7) is -0.464. The summed E-state index contributed by atoms with van der Waals surface area (Å²) in [5.74, 6) is -0.479. The number of nitrogens with zero attached hydrogens (tertiary/aromatic N) is 4. The molecule has 30 heavy (non-hydrogen) atoms. The molecule has 5 rings (SSSR count). The van der Waals surface area contributed by atoms with E-state index >= 15 is 0 Å². The van der Waals surface area contributed by atoms with Crippen LogP contribution in [0, 0.1) is 5.92 Å². The van der Waals surface area contributed by atoms with Crippen LogP contribution in [0.4, 0.5) is 5.95 Å². The third kappa shape index (κ3) is 3.21. The van der Waals surface area contributed by atoms with Crippen molar-refractivity contribution >= 4 is 34.7 Å². The van der Waals surface area contributed by atoms with E-state index in [4.69, 9.17) is 9.84 Å². The number of fused-ring (bicyclic) bond motifs is 2. The molecule has 8 nitrogen and oxygen atoms in total. The van der Waals surface area contributed by atoms with Gasteiger partial charge in [0.15, 0.2) is 6.61 Å². The second-order valence-electron chi connectivity index (χ2n) is 7.34. The topological polar surface area (TPSA) is 107 Å². The highest BCUT2D eigenvalue weighted by molar-refractivity contribution is 7.10. The van der Waals surface area contributed by atoms with E-state index in [2.05, 4.69) is 21.1 Å². The molecular weight excluding hydrogens is 404 g/mol. The highest BCUT2D eigenvalue weighted by Gasteiger charge is 2.45. The van der Waals surface area contributed by atoms with Crippen molar-refractivity contribution in [2.45, 2.75) is 24.8 Å². The summed E-state index contributed by atoms with van der Waals surface area (Å²) in [4.78, 5) is 34.5. The number of carboxylic acid groups (broad SMARTS) is 1. The Kier molecular flexibility index (Phi) is 4.66. The van der Waals surface area contributed by atoms with Crippen molar-refractivity contribution in [2.24, 2.45) is 10.9 Å². The van der Waals surface area contributed by atoms with Crippen LogP contribution in [0.25, 0.3) is 0 Å². The van der Waals surface area contributed by atoms with E-state index in [0.717, 1.165) is 5.71 Å². The monoisotopic (exact) mass is 422 g/mol. The molecule has 3 aromatic rings. The van der Waals surface area contributed by atoms with Crippen molar-refractivity contribution in [3.8, 4) is 5.75 Å². The van der Waals surface area contributed by atoms with Gasteiger partial charge in [0.25, 0.3) is 0 Å². The predicted octanol–water partition coefficient (Wildman–Crippen LogP) is 3.24. The summed E-state index contributed by atoms with van der Waals surface area (Å²) < 4.78 is 7.17. The number of Topliss-reactive ketones (excluding diaryl/α,β-unsaturated/α-hetero) is 1. The van der Waals surface area contributed by atoms with E-state index in [1.807, 2.05) is 23.6 Å². The molecule has 152 valence electrons. The van der Waals surface area contributed by atoms with Gasteiger partial charge in [-0.25, -0.2) is 14.5 Å². The van der Waals surface area contributed by atoms with Gasteiger partial charge in [-0.3, -0.25) is 4.79 Å². The summed E-state index contributed by atoms with van der Waals surface area (Å²) in [5.41, 5.74) is 1.49. The van der Waals surface area contributed by atoms with Crippen molar-refractivity contribution in [3.05, 3.63) is 58.5 Å². The first kappa shape index (κ1) is 18.7. The Bertz CT molecular complexity index is 1140. The van der Waals surface area contributed by atoms with Gasteiger partial charge in [-0.05, 0) is 23.9 Å². The molecule has 9 heteroatoms. The second kappa shape index (κ2) is 7.49. The van der Waals surface area contributed by atoms with Gasteiger partial charge >= 0.3 is 5.97 Å². The molecule has 3 heterocycles. The molecule has 1 N–H and O–H groups in total. The number of carbonyl (C=O) groups is 2. The molecule has 3 atom stereocenters. The van der Waals surface area contributed by atoms with Crippen LogP contribution >= 0.6 is 11.3 Å². The number of aliphatic carboxylic acids is 1. The highest BCUT2D eigenvalue weighted by Crippen LogP contribution is 2.45. The quantitative estimate of drug-likeness (QED) is 0.676. The molecule has 1 aliphatic heterocycles. The zero-order chi connectivity index (χ0) is 20.7. The summed E-state index contributed by atoms with van der Waals surface area (Å²) in [6.07, 6.45) is 2.53. The van der Waals surface area contributed by atoms with Crippen LogP contribution in [0.5, 0.6) is 5.75 Å². The summed E-state index contributed by atoms with van der Waals surface area (Å²) in [6, 6.07) is 10.7. The van der Waals surface area contributed by atoms with E-state index in [-0.39, 0.29) is 11.7 Å². The minimum atomic E-state index is -1.07. The van der Waals surface area contributed by atoms with Gasteiger partial charge in [-0.2, -0.15) is 10.1 Å². The molecule has 1 saturated carbocycles. The van der Waals surface area contributed by atoms with Crippen LogP contribution in [-0.2, 0) is 9.59 Å². The van der Waals surface area contributed by atoms with E-state index in [1.165, 1.54) is 11.2 Å². The number of thiophene rings is 1. The Morgan fingerprint density at radius 3 is 2.90 bits per heavy atom.